The number of hydrogen-bond acceptors (Lipinski definition) is 4. The lowest BCUT2D eigenvalue weighted by atomic mass is 10.2. The minimum absolute atomic E-state index is 0.0210. The number of halogens is 3. The van der Waals surface area contributed by atoms with E-state index in [-0.39, 0.29) is 11.8 Å². The van der Waals surface area contributed by atoms with Gasteiger partial charge in [0.1, 0.15) is 12.0 Å². The summed E-state index contributed by atoms with van der Waals surface area (Å²) in [7, 11) is 1.74. The first-order chi connectivity index (χ1) is 8.99. The molecule has 0 unspecified atom stereocenters. The number of hydrogen-bond donors (Lipinski definition) is 1. The Morgan fingerprint density at radius 2 is 2.16 bits per heavy atom. The molecule has 7 heteroatoms. The van der Waals surface area contributed by atoms with Crippen molar-refractivity contribution in [3.8, 4) is 11.8 Å². The van der Waals surface area contributed by atoms with Crippen LogP contribution in [-0.4, -0.2) is 12.0 Å². The van der Waals surface area contributed by atoms with Gasteiger partial charge in [-0.25, -0.2) is 0 Å². The molecule has 0 atom stereocenters. The summed E-state index contributed by atoms with van der Waals surface area (Å²) in [5, 5.41) is 2.86. The molecule has 1 N–H and O–H groups in total. The van der Waals surface area contributed by atoms with E-state index in [0.717, 1.165) is 12.1 Å². The molecule has 1 aromatic heterocycles. The van der Waals surface area contributed by atoms with Gasteiger partial charge in [-0.15, -0.1) is 0 Å². The Balaban J connectivity index is 2.14. The summed E-state index contributed by atoms with van der Waals surface area (Å²) in [6.07, 6.45) is -3.13. The Morgan fingerprint density at radius 1 is 1.37 bits per heavy atom. The summed E-state index contributed by atoms with van der Waals surface area (Å²) in [6.45, 7) is 0.482. The van der Waals surface area contributed by atoms with Crippen molar-refractivity contribution in [1.29, 1.82) is 0 Å². The van der Waals surface area contributed by atoms with Gasteiger partial charge in [-0.2, -0.15) is 18.2 Å². The highest BCUT2D eigenvalue weighted by Crippen LogP contribution is 2.32. The molecule has 0 aliphatic carbocycles. The van der Waals surface area contributed by atoms with Crippen molar-refractivity contribution < 1.29 is 22.3 Å². The fourth-order valence-corrected chi connectivity index (χ4v) is 1.43. The van der Waals surface area contributed by atoms with E-state index in [4.69, 9.17) is 9.15 Å². The predicted octanol–water partition coefficient (Wildman–Crippen LogP) is 3.21. The molecule has 0 amide bonds. The van der Waals surface area contributed by atoms with Crippen molar-refractivity contribution in [3.05, 3.63) is 41.8 Å². The molecule has 2 aromatic rings. The number of aromatic nitrogens is 1. The first-order valence-electron chi connectivity index (χ1n) is 5.43. The van der Waals surface area contributed by atoms with E-state index >= 15 is 0 Å². The van der Waals surface area contributed by atoms with Gasteiger partial charge >= 0.3 is 12.3 Å². The molecule has 0 bridgehead atoms. The fraction of sp³-hybridized carbons (Fsp3) is 0.250. The smallest absolute Gasteiger partial charge is 0.416 e. The summed E-state index contributed by atoms with van der Waals surface area (Å²) in [6, 6.07) is 4.52. The maximum Gasteiger partial charge on any atom is 0.416 e. The molecule has 1 heterocycles. The number of alkyl halides is 3. The second-order valence-electron chi connectivity index (χ2n) is 3.76. The standard InChI is InChI=1S/C12H11F3N2O2/c1-16-6-9-7-18-11(17-9)19-10-4-2-3-8(5-10)12(13,14)15/h2-5,7,16H,6H2,1H3. The van der Waals surface area contributed by atoms with E-state index in [1.165, 1.54) is 18.4 Å². The zero-order valence-electron chi connectivity index (χ0n) is 9.99. The Labute approximate surface area is 107 Å². The maximum absolute atomic E-state index is 12.5. The molecule has 0 saturated heterocycles. The van der Waals surface area contributed by atoms with Crippen molar-refractivity contribution in [1.82, 2.24) is 10.3 Å². The number of oxazole rings is 1. The molecule has 0 radical (unpaired) electrons. The molecule has 0 fully saturated rings. The zero-order valence-corrected chi connectivity index (χ0v) is 9.99. The van der Waals surface area contributed by atoms with Crippen LogP contribution in [0.3, 0.4) is 0 Å². The van der Waals surface area contributed by atoms with Crippen molar-refractivity contribution in [2.45, 2.75) is 12.7 Å². The fourth-order valence-electron chi connectivity index (χ4n) is 1.43. The summed E-state index contributed by atoms with van der Waals surface area (Å²) >= 11 is 0. The van der Waals surface area contributed by atoms with E-state index in [9.17, 15) is 13.2 Å². The number of ether oxygens (including phenoxy) is 1. The van der Waals surface area contributed by atoms with Crippen LogP contribution in [0.4, 0.5) is 13.2 Å². The SMILES string of the molecule is CNCc1coc(Oc2cccc(C(F)(F)F)c2)n1. The van der Waals surface area contributed by atoms with Gasteiger partial charge in [-0.1, -0.05) is 6.07 Å². The molecule has 2 rings (SSSR count). The second-order valence-corrected chi connectivity index (χ2v) is 3.76. The van der Waals surface area contributed by atoms with E-state index in [1.807, 2.05) is 0 Å². The van der Waals surface area contributed by atoms with Crippen molar-refractivity contribution >= 4 is 0 Å². The van der Waals surface area contributed by atoms with E-state index in [1.54, 1.807) is 7.05 Å². The first-order valence-corrected chi connectivity index (χ1v) is 5.43. The monoisotopic (exact) mass is 272 g/mol. The van der Waals surface area contributed by atoms with Gasteiger partial charge in [0.05, 0.1) is 11.3 Å². The Kier molecular flexibility index (Phi) is 3.75. The molecular weight excluding hydrogens is 261 g/mol. The quantitative estimate of drug-likeness (QED) is 0.928. The number of rotatable bonds is 4. The highest BCUT2D eigenvalue weighted by Gasteiger charge is 2.30. The van der Waals surface area contributed by atoms with Crippen LogP contribution in [0.5, 0.6) is 11.8 Å². The molecule has 19 heavy (non-hydrogen) atoms. The van der Waals surface area contributed by atoms with Crippen LogP contribution in [0.25, 0.3) is 0 Å². The predicted molar refractivity (Wildman–Crippen MR) is 60.8 cm³/mol. The minimum Gasteiger partial charge on any atom is -0.417 e. The Morgan fingerprint density at radius 3 is 2.84 bits per heavy atom. The highest BCUT2D eigenvalue weighted by molar-refractivity contribution is 5.31. The topological polar surface area (TPSA) is 47.3 Å². The highest BCUT2D eigenvalue weighted by atomic mass is 19.4. The lowest BCUT2D eigenvalue weighted by Gasteiger charge is -2.07. The minimum atomic E-state index is -4.41. The normalized spacial score (nSPS) is 11.6. The van der Waals surface area contributed by atoms with E-state index in [2.05, 4.69) is 10.3 Å². The van der Waals surface area contributed by atoms with Crippen LogP contribution < -0.4 is 10.1 Å². The van der Waals surface area contributed by atoms with Crippen molar-refractivity contribution in [3.63, 3.8) is 0 Å². The Hall–Kier alpha value is -2.02. The van der Waals surface area contributed by atoms with Gasteiger partial charge in [-0.05, 0) is 25.2 Å². The van der Waals surface area contributed by atoms with Crippen LogP contribution in [0, 0.1) is 0 Å². The summed E-state index contributed by atoms with van der Waals surface area (Å²) < 4.78 is 47.7. The summed E-state index contributed by atoms with van der Waals surface area (Å²) in [5.41, 5.74) is -0.184. The molecule has 4 nitrogen and oxygen atoms in total. The summed E-state index contributed by atoms with van der Waals surface area (Å²) in [4.78, 5) is 3.95. The third kappa shape index (κ3) is 3.47. The zero-order chi connectivity index (χ0) is 13.9. The van der Waals surface area contributed by atoms with Crippen LogP contribution in [0.1, 0.15) is 11.3 Å². The number of nitrogens with zero attached hydrogens (tertiary/aromatic N) is 1. The molecule has 0 aliphatic rings. The Bertz CT molecular complexity index is 552. The van der Waals surface area contributed by atoms with Gasteiger partial charge in [0.25, 0.3) is 0 Å². The van der Waals surface area contributed by atoms with Gasteiger partial charge in [0, 0.05) is 6.54 Å². The van der Waals surface area contributed by atoms with Gasteiger partial charge in [-0.3, -0.25) is 0 Å². The molecule has 0 spiro atoms. The molecule has 0 aliphatic heterocycles. The van der Waals surface area contributed by atoms with Crippen LogP contribution in [0.2, 0.25) is 0 Å². The average Bonchev–Trinajstić information content (AvgIpc) is 2.76. The van der Waals surface area contributed by atoms with Gasteiger partial charge in [0.2, 0.25) is 0 Å². The van der Waals surface area contributed by atoms with E-state index in [0.29, 0.717) is 12.2 Å². The second kappa shape index (κ2) is 5.31. The molecule has 102 valence electrons. The van der Waals surface area contributed by atoms with Gasteiger partial charge < -0.3 is 14.5 Å². The van der Waals surface area contributed by atoms with Crippen LogP contribution in [-0.2, 0) is 12.7 Å². The van der Waals surface area contributed by atoms with Gasteiger partial charge in [0.15, 0.2) is 0 Å². The third-order valence-corrected chi connectivity index (χ3v) is 2.26. The van der Waals surface area contributed by atoms with Crippen LogP contribution in [0.15, 0.2) is 34.9 Å². The molecular formula is C12H11F3N2O2. The molecule has 1 aromatic carbocycles. The average molecular weight is 272 g/mol. The summed E-state index contributed by atoms with van der Waals surface area (Å²) in [5.74, 6) is 0.0210. The lowest BCUT2D eigenvalue weighted by molar-refractivity contribution is -0.137. The lowest BCUT2D eigenvalue weighted by Crippen LogP contribution is -2.05. The van der Waals surface area contributed by atoms with Crippen molar-refractivity contribution in [2.75, 3.05) is 7.05 Å². The van der Waals surface area contributed by atoms with Crippen molar-refractivity contribution in [2.24, 2.45) is 0 Å². The van der Waals surface area contributed by atoms with E-state index < -0.39 is 11.7 Å². The van der Waals surface area contributed by atoms with Crippen LogP contribution >= 0.6 is 0 Å². The third-order valence-electron chi connectivity index (χ3n) is 2.26. The number of benzene rings is 1. The molecule has 0 saturated carbocycles. The maximum atomic E-state index is 12.5. The number of nitrogens with one attached hydrogen (secondary N) is 1. The largest absolute Gasteiger partial charge is 0.417 e. The first kappa shape index (κ1) is 13.4.